The number of nitrogens with zero attached hydrogens (tertiary/aromatic N) is 4. The minimum Gasteiger partial charge on any atom is -0.396 e. The van der Waals surface area contributed by atoms with Gasteiger partial charge in [-0.2, -0.15) is 4.57 Å². The molecule has 3 rings (SSSR count). The molecule has 0 fully saturated rings. The van der Waals surface area contributed by atoms with Crippen molar-refractivity contribution in [1.82, 2.24) is 10.6 Å². The summed E-state index contributed by atoms with van der Waals surface area (Å²) >= 11 is 0. The van der Waals surface area contributed by atoms with Gasteiger partial charge >= 0.3 is 0 Å². The molecule has 1 aromatic heterocycles. The van der Waals surface area contributed by atoms with Crippen molar-refractivity contribution in [2.45, 2.75) is 57.9 Å². The van der Waals surface area contributed by atoms with E-state index in [-0.39, 0.29) is 51.3 Å². The Bertz CT molecular complexity index is 1850. The van der Waals surface area contributed by atoms with Crippen molar-refractivity contribution in [3.8, 4) is 0 Å². The number of carbonyl (C=O) groups is 2. The third kappa shape index (κ3) is 23.3. The first-order valence-electron chi connectivity index (χ1n) is 22.5. The molecule has 348 valence electrons. The molecule has 0 atom stereocenters. The summed E-state index contributed by atoms with van der Waals surface area (Å²) in [4.78, 5) is 34.5. The second-order valence-corrected chi connectivity index (χ2v) is 17.7. The maximum Gasteiger partial charge on any atom is 0.286 e. The lowest BCUT2D eigenvalue weighted by Gasteiger charge is -2.25. The predicted octanol–water partition coefficient (Wildman–Crippen LogP) is 6.36. The van der Waals surface area contributed by atoms with Crippen LogP contribution in [0.3, 0.4) is 0 Å². The normalized spacial score (nSPS) is 11.8. The van der Waals surface area contributed by atoms with Gasteiger partial charge in [-0.25, -0.2) is 0 Å². The number of aliphatic hydroxyl groups is 4. The molecule has 0 aliphatic carbocycles. The van der Waals surface area contributed by atoms with Gasteiger partial charge in [0.2, 0.25) is 18.1 Å². The molecule has 2 amide bonds. The Balaban J connectivity index is 1.37. The number of allylic oxidation sites excluding steroid dienone is 4. The van der Waals surface area contributed by atoms with Crippen LogP contribution in [0.5, 0.6) is 0 Å². The molecule has 0 unspecified atom stereocenters. The molecule has 2 aromatic carbocycles. The Morgan fingerprint density at radius 1 is 0.625 bits per heavy atom. The second-order valence-electron chi connectivity index (χ2n) is 15.0. The number of amides is 2. The monoisotopic (exact) mass is 915 g/mol. The summed E-state index contributed by atoms with van der Waals surface area (Å²) < 4.78 is 1.92. The molecule has 0 spiro atoms. The van der Waals surface area contributed by atoms with Crippen LogP contribution in [0.15, 0.2) is 109 Å². The molecular formula is C50H71N6O6S2+. The van der Waals surface area contributed by atoms with E-state index in [1.54, 1.807) is 33.7 Å². The van der Waals surface area contributed by atoms with Crippen LogP contribution in [0.25, 0.3) is 18.2 Å². The molecule has 0 saturated carbocycles. The number of unbranched alkanes of at least 4 members (excludes halogenated alkanes) is 4. The maximum absolute atomic E-state index is 12.8. The number of aliphatic hydroxyl groups excluding tert-OH is 4. The fraction of sp³-hybridized carbons (Fsp3) is 0.440. The Kier molecular flexibility index (Phi) is 29.1. The van der Waals surface area contributed by atoms with Gasteiger partial charge in [-0.15, -0.1) is 0 Å². The summed E-state index contributed by atoms with van der Waals surface area (Å²) in [6.07, 6.45) is 21.7. The van der Waals surface area contributed by atoms with Crippen LogP contribution in [-0.4, -0.2) is 122 Å². The van der Waals surface area contributed by atoms with Crippen molar-refractivity contribution in [3.63, 3.8) is 0 Å². The van der Waals surface area contributed by atoms with Crippen LogP contribution >= 0.6 is 21.6 Å². The lowest BCUT2D eigenvalue weighted by molar-refractivity contribution is -0.686. The van der Waals surface area contributed by atoms with Crippen molar-refractivity contribution >= 4 is 68.7 Å². The van der Waals surface area contributed by atoms with E-state index >= 15 is 0 Å². The first kappa shape index (κ1) is 53.6. The molecular weight excluding hydrogens is 845 g/mol. The highest BCUT2D eigenvalue weighted by Gasteiger charge is 2.13. The Hall–Kier alpha value is -4.70. The van der Waals surface area contributed by atoms with Crippen LogP contribution in [0.1, 0.15) is 68.2 Å². The van der Waals surface area contributed by atoms with E-state index in [2.05, 4.69) is 68.4 Å². The topological polar surface area (TPSA) is 162 Å². The van der Waals surface area contributed by atoms with Crippen molar-refractivity contribution in [2.75, 3.05) is 93.5 Å². The van der Waals surface area contributed by atoms with E-state index in [9.17, 15) is 30.0 Å². The smallest absolute Gasteiger partial charge is 0.286 e. The molecule has 0 saturated heterocycles. The highest BCUT2D eigenvalue weighted by molar-refractivity contribution is 8.76. The summed E-state index contributed by atoms with van der Waals surface area (Å²) in [5, 5.41) is 42.8. The van der Waals surface area contributed by atoms with Crippen molar-refractivity contribution in [1.29, 1.82) is 0 Å². The maximum atomic E-state index is 12.8. The van der Waals surface area contributed by atoms with Gasteiger partial charge in [0.15, 0.2) is 6.20 Å². The van der Waals surface area contributed by atoms with Crippen molar-refractivity contribution in [2.24, 2.45) is 4.99 Å². The molecule has 6 N–H and O–H groups in total. The van der Waals surface area contributed by atoms with Crippen LogP contribution in [0.4, 0.5) is 11.4 Å². The van der Waals surface area contributed by atoms with E-state index in [4.69, 9.17) is 0 Å². The quantitative estimate of drug-likeness (QED) is 0.0129. The van der Waals surface area contributed by atoms with Crippen LogP contribution in [-0.2, 0) is 16.1 Å². The summed E-state index contributed by atoms with van der Waals surface area (Å²) in [6, 6.07) is 22.5. The van der Waals surface area contributed by atoms with Crippen molar-refractivity contribution < 1.29 is 34.6 Å². The van der Waals surface area contributed by atoms with Gasteiger partial charge in [-0.1, -0.05) is 70.7 Å². The van der Waals surface area contributed by atoms with E-state index in [0.717, 1.165) is 117 Å². The van der Waals surface area contributed by atoms with Crippen LogP contribution in [0.2, 0.25) is 0 Å². The van der Waals surface area contributed by atoms with Gasteiger partial charge in [-0.3, -0.25) is 14.6 Å². The number of nitrogens with one attached hydrogen (secondary N) is 2. The first-order chi connectivity index (χ1) is 31.4. The highest BCUT2D eigenvalue weighted by atomic mass is 33.1. The van der Waals surface area contributed by atoms with Gasteiger partial charge < -0.3 is 40.9 Å². The number of carbonyl (C=O) groups excluding carboxylic acids is 2. The predicted molar refractivity (Wildman–Crippen MR) is 270 cm³/mol. The molecule has 1 heterocycles. The molecule has 3 aromatic rings. The minimum atomic E-state index is -0.160. The fourth-order valence-electron chi connectivity index (χ4n) is 6.48. The number of benzene rings is 2. The second kappa shape index (κ2) is 34.7. The molecule has 0 bridgehead atoms. The fourth-order valence-corrected chi connectivity index (χ4v) is 8.29. The highest BCUT2D eigenvalue weighted by Crippen LogP contribution is 2.21. The first-order valence-corrected chi connectivity index (χ1v) is 25.0. The van der Waals surface area contributed by atoms with Crippen LogP contribution in [0, 0.1) is 0 Å². The number of hydrogen-bond acceptors (Lipinski definition) is 11. The zero-order chi connectivity index (χ0) is 45.9. The SMILES string of the molecule is C=C\C=C/C(/C=C/c1ccc(N(CCCCO)CCCCO)cc1)=N/CC(=O)NCCSSCCNC(=O)C[n+]1ccccc1/C=C/c1ccc(N(CCCCO)CCCCO)cc1. The number of pyridine rings is 1. The summed E-state index contributed by atoms with van der Waals surface area (Å²) in [5.74, 6) is 1.23. The van der Waals surface area contributed by atoms with Gasteiger partial charge in [0.25, 0.3) is 5.91 Å². The van der Waals surface area contributed by atoms with Gasteiger partial charge in [0.05, 0.1) is 5.71 Å². The average molecular weight is 916 g/mol. The number of aromatic nitrogens is 1. The molecule has 12 nitrogen and oxygen atoms in total. The Morgan fingerprint density at radius 3 is 1.62 bits per heavy atom. The van der Waals surface area contributed by atoms with Gasteiger partial charge in [0, 0.05) is 107 Å². The number of hydrogen-bond donors (Lipinski definition) is 6. The minimum absolute atomic E-state index is 0.00401. The third-order valence-corrected chi connectivity index (χ3v) is 12.4. The number of rotatable bonds is 35. The van der Waals surface area contributed by atoms with E-state index < -0.39 is 0 Å². The van der Waals surface area contributed by atoms with E-state index in [1.165, 1.54) is 0 Å². The largest absolute Gasteiger partial charge is 0.396 e. The Labute approximate surface area is 389 Å². The van der Waals surface area contributed by atoms with Crippen molar-refractivity contribution in [3.05, 3.63) is 121 Å². The third-order valence-electron chi connectivity index (χ3n) is 9.95. The lowest BCUT2D eigenvalue weighted by Crippen LogP contribution is -2.45. The number of anilines is 2. The summed E-state index contributed by atoms with van der Waals surface area (Å²) in [6.45, 7) is 9.16. The molecule has 14 heteroatoms. The average Bonchev–Trinajstić information content (AvgIpc) is 3.31. The van der Waals surface area contributed by atoms with Gasteiger partial charge in [-0.05, 0) is 111 Å². The summed E-state index contributed by atoms with van der Waals surface area (Å²) in [7, 11) is 3.30. The molecule has 64 heavy (non-hydrogen) atoms. The molecule has 0 aliphatic heterocycles. The van der Waals surface area contributed by atoms with E-state index in [0.29, 0.717) is 18.8 Å². The van der Waals surface area contributed by atoms with E-state index in [1.807, 2.05) is 71.5 Å². The lowest BCUT2D eigenvalue weighted by atomic mass is 10.1. The zero-order valence-electron chi connectivity index (χ0n) is 37.4. The van der Waals surface area contributed by atoms with Gasteiger partial charge in [0.1, 0.15) is 6.54 Å². The molecule has 0 aliphatic rings. The van der Waals surface area contributed by atoms with Crippen LogP contribution < -0.4 is 25.0 Å². The summed E-state index contributed by atoms with van der Waals surface area (Å²) in [5.41, 5.74) is 5.84. The zero-order valence-corrected chi connectivity index (χ0v) is 39.1. The molecule has 0 radical (unpaired) electrons. The Morgan fingerprint density at radius 2 is 1.12 bits per heavy atom. The number of aliphatic imine (C=N–C) groups is 1. The standard InChI is InChI=1S/C50H70N6O6S2/c1-2-3-14-45(22-16-43-18-24-47(25-19-43)54(30-6-10-35-57)31-7-11-36-58)53-41-49(61)51-28-39-63-64-40-29-52-50(62)42-56-34-5-4-15-46(56)23-17-44-20-26-48(27-21-44)55(32-8-12-37-59)33-9-13-38-60/h2-5,14-27,34,57-60H,1,6-13,28-33,35-42H2,(H-,51,52,61,62)/p+1/b14-3-,22-16+,53-45-.